The molecule has 0 aliphatic rings. The predicted molar refractivity (Wildman–Crippen MR) is 79.2 cm³/mol. The van der Waals surface area contributed by atoms with Crippen molar-refractivity contribution in [2.45, 2.75) is 0 Å². The fourth-order valence-corrected chi connectivity index (χ4v) is 1.80. The molecule has 2 aromatic rings. The first kappa shape index (κ1) is 14.1. The third kappa shape index (κ3) is 4.10. The zero-order chi connectivity index (χ0) is 14.4. The first-order chi connectivity index (χ1) is 9.65. The lowest BCUT2D eigenvalue weighted by Gasteiger charge is -2.12. The van der Waals surface area contributed by atoms with Gasteiger partial charge in [-0.15, -0.1) is 0 Å². The maximum Gasteiger partial charge on any atom is 0.272 e. The van der Waals surface area contributed by atoms with E-state index in [0.29, 0.717) is 5.75 Å². The zero-order valence-electron chi connectivity index (χ0n) is 11.7. The Morgan fingerprint density at radius 1 is 1.00 bits per heavy atom. The molecule has 0 atom stereocenters. The number of hydrogen-bond donors (Lipinski definition) is 1. The summed E-state index contributed by atoms with van der Waals surface area (Å²) in [5.41, 5.74) is 4.90. The summed E-state index contributed by atoms with van der Waals surface area (Å²) in [7, 11) is 3.51. The Balaban J connectivity index is 1.94. The Morgan fingerprint density at radius 2 is 1.60 bits per heavy atom. The van der Waals surface area contributed by atoms with Gasteiger partial charge in [0, 0.05) is 14.1 Å². The quantitative estimate of drug-likeness (QED) is 0.848. The van der Waals surface area contributed by atoms with Crippen LogP contribution >= 0.6 is 0 Å². The van der Waals surface area contributed by atoms with Crippen molar-refractivity contribution in [3.05, 3.63) is 54.6 Å². The van der Waals surface area contributed by atoms with Gasteiger partial charge in [0.05, 0.1) is 0 Å². The van der Waals surface area contributed by atoms with Crippen LogP contribution in [0.5, 0.6) is 5.75 Å². The molecule has 20 heavy (non-hydrogen) atoms. The first-order valence-electron chi connectivity index (χ1n) is 6.40. The van der Waals surface area contributed by atoms with Crippen molar-refractivity contribution in [3.63, 3.8) is 0 Å². The highest BCUT2D eigenvalue weighted by Crippen LogP contribution is 2.21. The second-order valence-electron chi connectivity index (χ2n) is 4.61. The molecule has 1 N–H and O–H groups in total. The van der Waals surface area contributed by atoms with Crippen LogP contribution in [0.15, 0.2) is 54.6 Å². The average Bonchev–Trinajstić information content (AvgIpc) is 2.46. The molecule has 0 fully saturated rings. The van der Waals surface area contributed by atoms with Crippen molar-refractivity contribution in [1.82, 2.24) is 10.4 Å². The van der Waals surface area contributed by atoms with Gasteiger partial charge in [-0.3, -0.25) is 10.2 Å². The van der Waals surface area contributed by atoms with Crippen molar-refractivity contribution < 1.29 is 9.53 Å². The fraction of sp³-hybridized carbons (Fsp3) is 0.188. The van der Waals surface area contributed by atoms with Crippen LogP contribution in [0, 0.1) is 0 Å². The number of amides is 1. The Labute approximate surface area is 119 Å². The highest BCUT2D eigenvalue weighted by Gasteiger charge is 2.03. The minimum atomic E-state index is -0.179. The Kier molecular flexibility index (Phi) is 4.74. The molecular weight excluding hydrogens is 252 g/mol. The van der Waals surface area contributed by atoms with Gasteiger partial charge in [0.25, 0.3) is 5.91 Å². The summed E-state index contributed by atoms with van der Waals surface area (Å²) < 4.78 is 5.42. The number of nitrogens with one attached hydrogen (secondary N) is 1. The number of rotatable bonds is 5. The van der Waals surface area contributed by atoms with Gasteiger partial charge in [0.1, 0.15) is 5.75 Å². The van der Waals surface area contributed by atoms with Crippen LogP contribution in [-0.2, 0) is 4.79 Å². The summed E-state index contributed by atoms with van der Waals surface area (Å²) in [5.74, 6) is 0.501. The Morgan fingerprint density at radius 3 is 2.20 bits per heavy atom. The summed E-state index contributed by atoms with van der Waals surface area (Å²) in [6.45, 7) is 0.00284. The Hall–Kier alpha value is -2.33. The van der Waals surface area contributed by atoms with Gasteiger partial charge in [-0.25, -0.2) is 5.01 Å². The number of carbonyl (C=O) groups is 1. The van der Waals surface area contributed by atoms with Crippen molar-refractivity contribution in [2.24, 2.45) is 0 Å². The second kappa shape index (κ2) is 6.73. The Bertz CT molecular complexity index is 550. The van der Waals surface area contributed by atoms with E-state index in [2.05, 4.69) is 17.6 Å². The van der Waals surface area contributed by atoms with Gasteiger partial charge < -0.3 is 4.74 Å². The van der Waals surface area contributed by atoms with Gasteiger partial charge in [-0.05, 0) is 23.3 Å². The molecule has 104 valence electrons. The molecule has 0 aliphatic carbocycles. The van der Waals surface area contributed by atoms with E-state index < -0.39 is 0 Å². The molecule has 0 saturated carbocycles. The van der Waals surface area contributed by atoms with E-state index in [9.17, 15) is 4.79 Å². The van der Waals surface area contributed by atoms with Gasteiger partial charge in [-0.2, -0.15) is 0 Å². The van der Waals surface area contributed by atoms with Gasteiger partial charge in [0.15, 0.2) is 6.61 Å². The summed E-state index contributed by atoms with van der Waals surface area (Å²) >= 11 is 0. The molecule has 0 spiro atoms. The third-order valence-electron chi connectivity index (χ3n) is 2.68. The SMILES string of the molecule is CN(C)NC(=O)COc1ccc(-c2ccccc2)cc1. The van der Waals surface area contributed by atoms with Crippen molar-refractivity contribution in [3.8, 4) is 16.9 Å². The van der Waals surface area contributed by atoms with Crippen molar-refractivity contribution in [2.75, 3.05) is 20.7 Å². The summed E-state index contributed by atoms with van der Waals surface area (Å²) in [6.07, 6.45) is 0. The molecule has 2 rings (SSSR count). The average molecular weight is 270 g/mol. The number of carbonyl (C=O) groups excluding carboxylic acids is 1. The molecule has 0 bridgehead atoms. The second-order valence-corrected chi connectivity index (χ2v) is 4.61. The molecule has 0 radical (unpaired) electrons. The lowest BCUT2D eigenvalue weighted by atomic mass is 10.1. The highest BCUT2D eigenvalue weighted by molar-refractivity contribution is 5.77. The fourth-order valence-electron chi connectivity index (χ4n) is 1.80. The molecule has 0 aromatic heterocycles. The molecule has 4 heteroatoms. The van der Waals surface area contributed by atoms with E-state index in [1.54, 1.807) is 19.1 Å². The molecule has 1 amide bonds. The topological polar surface area (TPSA) is 41.6 Å². The largest absolute Gasteiger partial charge is 0.484 e. The normalized spacial score (nSPS) is 10.3. The minimum Gasteiger partial charge on any atom is -0.484 e. The molecule has 0 saturated heterocycles. The number of hydrogen-bond acceptors (Lipinski definition) is 3. The summed E-state index contributed by atoms with van der Waals surface area (Å²) in [5, 5.41) is 1.59. The van der Waals surface area contributed by atoms with Crippen LogP contribution in [0.4, 0.5) is 0 Å². The number of hydrazine groups is 1. The van der Waals surface area contributed by atoms with Crippen LogP contribution in [0.1, 0.15) is 0 Å². The van der Waals surface area contributed by atoms with E-state index in [-0.39, 0.29) is 12.5 Å². The number of benzene rings is 2. The zero-order valence-corrected chi connectivity index (χ0v) is 11.7. The van der Waals surface area contributed by atoms with Crippen LogP contribution in [-0.4, -0.2) is 31.6 Å². The molecule has 0 aliphatic heterocycles. The lowest BCUT2D eigenvalue weighted by molar-refractivity contribution is -0.126. The van der Waals surface area contributed by atoms with Crippen LogP contribution < -0.4 is 10.2 Å². The van der Waals surface area contributed by atoms with Crippen molar-refractivity contribution >= 4 is 5.91 Å². The van der Waals surface area contributed by atoms with E-state index in [4.69, 9.17) is 4.74 Å². The van der Waals surface area contributed by atoms with Crippen molar-refractivity contribution in [1.29, 1.82) is 0 Å². The molecule has 0 heterocycles. The maximum absolute atomic E-state index is 11.4. The van der Waals surface area contributed by atoms with E-state index in [1.807, 2.05) is 42.5 Å². The van der Waals surface area contributed by atoms with Gasteiger partial charge in [0.2, 0.25) is 0 Å². The smallest absolute Gasteiger partial charge is 0.272 e. The van der Waals surface area contributed by atoms with E-state index in [0.717, 1.165) is 11.1 Å². The molecule has 0 unspecified atom stereocenters. The monoisotopic (exact) mass is 270 g/mol. The lowest BCUT2D eigenvalue weighted by Crippen LogP contribution is -2.39. The standard InChI is InChI=1S/C16H18N2O2/c1-18(2)17-16(19)12-20-15-10-8-14(9-11-15)13-6-4-3-5-7-13/h3-11H,12H2,1-2H3,(H,17,19). The predicted octanol–water partition coefficient (Wildman–Crippen LogP) is 2.33. The summed E-state index contributed by atoms with van der Waals surface area (Å²) in [6, 6.07) is 17.8. The van der Waals surface area contributed by atoms with E-state index >= 15 is 0 Å². The number of ether oxygens (including phenoxy) is 1. The first-order valence-corrected chi connectivity index (χ1v) is 6.40. The maximum atomic E-state index is 11.4. The van der Waals surface area contributed by atoms with Crippen LogP contribution in [0.25, 0.3) is 11.1 Å². The third-order valence-corrected chi connectivity index (χ3v) is 2.68. The molecule has 4 nitrogen and oxygen atoms in total. The minimum absolute atomic E-state index is 0.00284. The summed E-state index contributed by atoms with van der Waals surface area (Å²) in [4.78, 5) is 11.4. The molecule has 2 aromatic carbocycles. The number of nitrogens with zero attached hydrogens (tertiary/aromatic N) is 1. The van der Waals surface area contributed by atoms with Crippen LogP contribution in [0.2, 0.25) is 0 Å². The van der Waals surface area contributed by atoms with E-state index in [1.165, 1.54) is 0 Å². The highest BCUT2D eigenvalue weighted by atomic mass is 16.5. The molecular formula is C16H18N2O2. The van der Waals surface area contributed by atoms with Gasteiger partial charge >= 0.3 is 0 Å². The van der Waals surface area contributed by atoms with Crippen LogP contribution in [0.3, 0.4) is 0 Å². The van der Waals surface area contributed by atoms with Gasteiger partial charge in [-0.1, -0.05) is 42.5 Å².